The highest BCUT2D eigenvalue weighted by atomic mass is 35.5. The Balaban J connectivity index is 1.58. The Kier molecular flexibility index (Phi) is 4.34. The minimum Gasteiger partial charge on any atom is -0.322 e. The van der Waals surface area contributed by atoms with Gasteiger partial charge < -0.3 is 15.3 Å². The summed E-state index contributed by atoms with van der Waals surface area (Å²) in [5.74, 6) is -0.263. The maximum Gasteiger partial charge on any atom is 0.323 e. The second-order valence-corrected chi connectivity index (χ2v) is 7.31. The molecule has 0 saturated heterocycles. The number of H-pyrrole nitrogens is 2. The summed E-state index contributed by atoms with van der Waals surface area (Å²) in [4.78, 5) is 34.7. The van der Waals surface area contributed by atoms with Crippen LogP contribution in [0.3, 0.4) is 0 Å². The zero-order chi connectivity index (χ0) is 20.7. The van der Waals surface area contributed by atoms with Crippen molar-refractivity contribution in [3.8, 4) is 11.3 Å². The molecule has 0 atom stereocenters. The van der Waals surface area contributed by atoms with Crippen molar-refractivity contribution in [1.82, 2.24) is 15.0 Å². The van der Waals surface area contributed by atoms with Crippen LogP contribution in [0.4, 0.5) is 5.69 Å². The minimum absolute atomic E-state index is 0.263. The van der Waals surface area contributed by atoms with Crippen LogP contribution < -0.4 is 11.0 Å². The Morgan fingerprint density at radius 1 is 0.900 bits per heavy atom. The molecule has 0 aliphatic rings. The van der Waals surface area contributed by atoms with Gasteiger partial charge in [-0.25, -0.2) is 9.78 Å². The molecule has 5 rings (SSSR count). The van der Waals surface area contributed by atoms with E-state index in [1.165, 1.54) is 0 Å². The summed E-state index contributed by atoms with van der Waals surface area (Å²) in [6.45, 7) is 0. The van der Waals surface area contributed by atoms with Gasteiger partial charge in [-0.05, 0) is 42.5 Å². The van der Waals surface area contributed by atoms with E-state index in [4.69, 9.17) is 16.6 Å². The SMILES string of the molecule is O=C(Nc1ccc2[nH]c(=O)[nH]c2c1)c1cc(-c2ccc(Cl)cc2)nc2ccccc12. The fourth-order valence-corrected chi connectivity index (χ4v) is 3.57. The average Bonchev–Trinajstić information content (AvgIpc) is 3.12. The summed E-state index contributed by atoms with van der Waals surface area (Å²) in [6.07, 6.45) is 0. The summed E-state index contributed by atoms with van der Waals surface area (Å²) in [5, 5.41) is 4.30. The quantitative estimate of drug-likeness (QED) is 0.389. The van der Waals surface area contributed by atoms with Gasteiger partial charge in [-0.2, -0.15) is 0 Å². The molecular weight excluding hydrogens is 400 g/mol. The lowest BCUT2D eigenvalue weighted by molar-refractivity contribution is 0.102. The molecule has 0 aliphatic heterocycles. The molecule has 2 heterocycles. The van der Waals surface area contributed by atoms with Crippen LogP contribution in [0, 0.1) is 0 Å². The van der Waals surface area contributed by atoms with E-state index in [0.29, 0.717) is 33.0 Å². The van der Waals surface area contributed by atoms with E-state index in [9.17, 15) is 9.59 Å². The van der Waals surface area contributed by atoms with E-state index >= 15 is 0 Å². The molecule has 0 bridgehead atoms. The molecule has 6 nitrogen and oxygen atoms in total. The second-order valence-electron chi connectivity index (χ2n) is 6.87. The Labute approximate surface area is 175 Å². The van der Waals surface area contributed by atoms with E-state index in [0.717, 1.165) is 16.5 Å². The number of rotatable bonds is 3. The maximum atomic E-state index is 13.2. The van der Waals surface area contributed by atoms with Crippen molar-refractivity contribution in [3.63, 3.8) is 0 Å². The highest BCUT2D eigenvalue weighted by Gasteiger charge is 2.15. The van der Waals surface area contributed by atoms with Gasteiger partial charge in [0.15, 0.2) is 0 Å². The van der Waals surface area contributed by atoms with Gasteiger partial charge in [0.05, 0.1) is 27.8 Å². The van der Waals surface area contributed by atoms with Crippen molar-refractivity contribution in [1.29, 1.82) is 0 Å². The normalized spacial score (nSPS) is 11.1. The number of amides is 1. The lowest BCUT2D eigenvalue weighted by atomic mass is 10.0. The summed E-state index contributed by atoms with van der Waals surface area (Å²) < 4.78 is 0. The highest BCUT2D eigenvalue weighted by molar-refractivity contribution is 6.30. The van der Waals surface area contributed by atoms with Crippen molar-refractivity contribution in [3.05, 3.63) is 93.9 Å². The van der Waals surface area contributed by atoms with Crippen molar-refractivity contribution in [2.45, 2.75) is 0 Å². The number of nitrogens with one attached hydrogen (secondary N) is 3. The van der Waals surface area contributed by atoms with Gasteiger partial charge in [0.1, 0.15) is 0 Å². The average molecular weight is 415 g/mol. The van der Waals surface area contributed by atoms with Gasteiger partial charge in [-0.1, -0.05) is 41.9 Å². The van der Waals surface area contributed by atoms with Crippen LogP contribution in [0.25, 0.3) is 33.2 Å². The summed E-state index contributed by atoms with van der Waals surface area (Å²) >= 11 is 6.00. The fraction of sp³-hybridized carbons (Fsp3) is 0. The number of hydrogen-bond donors (Lipinski definition) is 3. The molecule has 30 heavy (non-hydrogen) atoms. The molecule has 2 aromatic heterocycles. The van der Waals surface area contributed by atoms with Crippen LogP contribution in [0.1, 0.15) is 10.4 Å². The molecule has 0 unspecified atom stereocenters. The molecule has 0 spiro atoms. The monoisotopic (exact) mass is 414 g/mol. The van der Waals surface area contributed by atoms with Crippen LogP contribution in [0.2, 0.25) is 5.02 Å². The predicted octanol–water partition coefficient (Wildman–Crippen LogP) is 4.98. The van der Waals surface area contributed by atoms with Gasteiger partial charge in [-0.3, -0.25) is 4.79 Å². The van der Waals surface area contributed by atoms with Crippen LogP contribution >= 0.6 is 11.6 Å². The van der Waals surface area contributed by atoms with Gasteiger partial charge >= 0.3 is 5.69 Å². The fourth-order valence-electron chi connectivity index (χ4n) is 3.44. The number of pyridine rings is 1. The third-order valence-electron chi connectivity index (χ3n) is 4.87. The van der Waals surface area contributed by atoms with E-state index in [-0.39, 0.29) is 11.6 Å². The zero-order valence-electron chi connectivity index (χ0n) is 15.6. The van der Waals surface area contributed by atoms with Gasteiger partial charge in [0.25, 0.3) is 5.91 Å². The minimum atomic E-state index is -0.291. The second kappa shape index (κ2) is 7.17. The molecule has 3 aromatic carbocycles. The van der Waals surface area contributed by atoms with Gasteiger partial charge in [-0.15, -0.1) is 0 Å². The van der Waals surface area contributed by atoms with Crippen molar-refractivity contribution >= 4 is 45.1 Å². The summed E-state index contributed by atoms with van der Waals surface area (Å²) in [5.41, 5.74) is 4.37. The number of anilines is 1. The number of imidazole rings is 1. The number of nitrogens with zero attached hydrogens (tertiary/aromatic N) is 1. The van der Waals surface area contributed by atoms with E-state index < -0.39 is 0 Å². The first-order valence-corrected chi connectivity index (χ1v) is 9.64. The number of hydrogen-bond acceptors (Lipinski definition) is 3. The first kappa shape index (κ1) is 18.1. The first-order valence-electron chi connectivity index (χ1n) is 9.26. The number of benzene rings is 3. The topological polar surface area (TPSA) is 90.6 Å². The first-order chi connectivity index (χ1) is 14.6. The largest absolute Gasteiger partial charge is 0.323 e. The summed E-state index contributed by atoms with van der Waals surface area (Å²) in [7, 11) is 0. The van der Waals surface area contributed by atoms with E-state index in [1.807, 2.05) is 36.4 Å². The van der Waals surface area contributed by atoms with Crippen LogP contribution in [-0.4, -0.2) is 20.9 Å². The lowest BCUT2D eigenvalue weighted by Crippen LogP contribution is -2.13. The number of carbonyl (C=O) groups excluding carboxylic acids is 1. The Morgan fingerprint density at radius 3 is 2.50 bits per heavy atom. The predicted molar refractivity (Wildman–Crippen MR) is 119 cm³/mol. The van der Waals surface area contributed by atoms with Crippen LogP contribution in [0.5, 0.6) is 0 Å². The maximum absolute atomic E-state index is 13.2. The molecule has 146 valence electrons. The number of aromatic amines is 2. The number of aromatic nitrogens is 3. The zero-order valence-corrected chi connectivity index (χ0v) is 16.3. The number of fused-ring (bicyclic) bond motifs is 2. The van der Waals surface area contributed by atoms with Crippen molar-refractivity contribution in [2.75, 3.05) is 5.32 Å². The third kappa shape index (κ3) is 3.33. The standard InChI is InChI=1S/C23H15ClN4O2/c24-14-7-5-13(6-8-14)20-12-17(16-3-1-2-4-18(16)26-20)22(29)25-15-9-10-19-21(11-15)28-23(30)27-19/h1-12H,(H,25,29)(H2,27,28,30). The van der Waals surface area contributed by atoms with Crippen LogP contribution in [-0.2, 0) is 0 Å². The highest BCUT2D eigenvalue weighted by Crippen LogP contribution is 2.27. The lowest BCUT2D eigenvalue weighted by Gasteiger charge is -2.11. The van der Waals surface area contributed by atoms with Gasteiger partial charge in [0, 0.05) is 21.7 Å². The van der Waals surface area contributed by atoms with Gasteiger partial charge in [0.2, 0.25) is 0 Å². The number of halogens is 1. The number of para-hydroxylation sites is 1. The molecule has 0 aliphatic carbocycles. The molecule has 0 radical (unpaired) electrons. The smallest absolute Gasteiger partial charge is 0.322 e. The Hall–Kier alpha value is -3.90. The molecule has 0 fully saturated rings. The Morgan fingerprint density at radius 2 is 1.67 bits per heavy atom. The third-order valence-corrected chi connectivity index (χ3v) is 5.13. The molecular formula is C23H15ClN4O2. The number of carbonyl (C=O) groups is 1. The molecule has 5 aromatic rings. The van der Waals surface area contributed by atoms with Crippen molar-refractivity contribution in [2.24, 2.45) is 0 Å². The molecule has 7 heteroatoms. The van der Waals surface area contributed by atoms with Crippen LogP contribution in [0.15, 0.2) is 77.6 Å². The molecule has 1 amide bonds. The van der Waals surface area contributed by atoms with E-state index in [1.54, 1.807) is 36.4 Å². The Bertz CT molecular complexity index is 1470. The van der Waals surface area contributed by atoms with Crippen molar-refractivity contribution < 1.29 is 4.79 Å². The summed E-state index contributed by atoms with van der Waals surface area (Å²) in [6, 6.07) is 21.8. The molecule has 0 saturated carbocycles. The van der Waals surface area contributed by atoms with E-state index in [2.05, 4.69) is 15.3 Å². The molecule has 3 N–H and O–H groups in total.